The summed E-state index contributed by atoms with van der Waals surface area (Å²) in [5.41, 5.74) is 0.386. The molecule has 6 nitrogen and oxygen atoms in total. The molecule has 0 aromatic carbocycles. The molecule has 0 aromatic heterocycles. The third kappa shape index (κ3) is 22.8. The molecule has 0 amide bonds. The van der Waals surface area contributed by atoms with Crippen LogP contribution in [0.1, 0.15) is 95.9 Å². The van der Waals surface area contributed by atoms with E-state index in [2.05, 4.69) is 107 Å². The van der Waals surface area contributed by atoms with E-state index in [1.807, 2.05) is 14.1 Å². The van der Waals surface area contributed by atoms with Gasteiger partial charge in [0.15, 0.2) is 0 Å². The molecule has 31 heavy (non-hydrogen) atoms. The molecule has 186 valence electrons. The number of hydrogen-bond donors (Lipinski definition) is 0. The van der Waals surface area contributed by atoms with E-state index in [1.165, 1.54) is 0 Å². The van der Waals surface area contributed by atoms with Gasteiger partial charge in [-0.05, 0) is 0 Å². The minimum Gasteiger partial charge on any atom is -0.680 e. The molecule has 2 atom stereocenters. The Hall–Kier alpha value is -0.197. The summed E-state index contributed by atoms with van der Waals surface area (Å²) < 4.78 is 0. The number of nitrogens with zero attached hydrogens (tertiary/aromatic N) is 4. The van der Waals surface area contributed by atoms with Crippen molar-refractivity contribution in [3.05, 3.63) is 21.3 Å². The topological polar surface area (TPSA) is 90.5 Å². The SMILES string of the molecule is CCC(C)(C)[N-]C([N-]C)C(C)(C)C.CCC(C)(C)[N-]C([N-]C)C(C)(C)C.[CH-]=O.[CH-]=O.[Ru+6]. The van der Waals surface area contributed by atoms with Crippen molar-refractivity contribution in [3.8, 4) is 0 Å². The molecule has 0 heterocycles. The second-order valence-corrected chi connectivity index (χ2v) is 10.6. The van der Waals surface area contributed by atoms with Crippen molar-refractivity contribution in [1.29, 1.82) is 0 Å². The first-order valence-electron chi connectivity index (χ1n) is 10.5. The molecule has 0 fully saturated rings. The van der Waals surface area contributed by atoms with Crippen LogP contribution in [0.3, 0.4) is 0 Å². The van der Waals surface area contributed by atoms with Gasteiger partial charge in [-0.3, -0.25) is 13.6 Å². The van der Waals surface area contributed by atoms with Gasteiger partial charge in [-0.15, -0.1) is 11.1 Å². The minimum atomic E-state index is 0. The van der Waals surface area contributed by atoms with Crippen LogP contribution in [0.25, 0.3) is 21.3 Å². The van der Waals surface area contributed by atoms with Gasteiger partial charge >= 0.3 is 19.5 Å². The normalized spacial score (nSPS) is 13.6. The summed E-state index contributed by atoms with van der Waals surface area (Å²) in [7, 11) is 3.70. The zero-order valence-electron chi connectivity index (χ0n) is 22.7. The second kappa shape index (κ2) is 19.3. The largest absolute Gasteiger partial charge is 6.00 e. The molecule has 0 aliphatic heterocycles. The summed E-state index contributed by atoms with van der Waals surface area (Å²) in [6, 6.07) is 0. The molecule has 0 N–H and O–H groups in total. The zero-order valence-corrected chi connectivity index (χ0v) is 24.4. The van der Waals surface area contributed by atoms with Gasteiger partial charge in [0.25, 0.3) is 0 Å². The molecular formula is C24H50N4O2Ru. The standard InChI is InChI=1S/2C11H24N2.2CHO.Ru/c2*1-8-11(5,6)13-9(12-7)10(2,3)4;2*1-2;/h2*9H,8H2,1-7H3;2*1H;/q2*-2;2*-1;+6. The molecule has 0 saturated heterocycles. The van der Waals surface area contributed by atoms with Crippen LogP contribution in [-0.2, 0) is 29.1 Å². The van der Waals surface area contributed by atoms with Crippen molar-refractivity contribution in [1.82, 2.24) is 0 Å². The minimum absolute atomic E-state index is 0. The molecule has 2 unspecified atom stereocenters. The molecule has 0 saturated carbocycles. The van der Waals surface area contributed by atoms with E-state index >= 15 is 0 Å². The van der Waals surface area contributed by atoms with Gasteiger partial charge in [-0.2, -0.15) is 14.1 Å². The average molecular weight is 528 g/mol. The summed E-state index contributed by atoms with van der Waals surface area (Å²) in [5, 5.41) is 18.2. The third-order valence-corrected chi connectivity index (χ3v) is 4.71. The van der Waals surface area contributed by atoms with Crippen LogP contribution in [-0.4, -0.2) is 51.1 Å². The maximum absolute atomic E-state index is 7.75. The zero-order chi connectivity index (χ0) is 25.4. The Morgan fingerprint density at radius 3 is 0.871 bits per heavy atom. The van der Waals surface area contributed by atoms with Crippen molar-refractivity contribution in [2.75, 3.05) is 14.1 Å². The Bertz CT molecular complexity index is 367. The number of hydrogen-bond acceptors (Lipinski definition) is 2. The monoisotopic (exact) mass is 528 g/mol. The Labute approximate surface area is 208 Å². The number of carbonyl (C=O) groups excluding carboxylic acids is 2. The Balaban J connectivity index is -0.000000122. The average Bonchev–Trinajstić information content (AvgIpc) is 2.66. The predicted octanol–water partition coefficient (Wildman–Crippen LogP) is 7.30. The maximum atomic E-state index is 7.75. The Morgan fingerprint density at radius 1 is 0.581 bits per heavy atom. The van der Waals surface area contributed by atoms with E-state index in [1.54, 1.807) is 0 Å². The van der Waals surface area contributed by atoms with Crippen LogP contribution in [0.15, 0.2) is 0 Å². The molecular weight excluding hydrogens is 477 g/mol. The second-order valence-electron chi connectivity index (χ2n) is 10.6. The fourth-order valence-electron chi connectivity index (χ4n) is 2.12. The molecule has 0 bridgehead atoms. The first kappa shape index (κ1) is 41.1. The molecule has 0 aromatic rings. The summed E-state index contributed by atoms with van der Waals surface area (Å²) in [6.45, 7) is 32.6. The van der Waals surface area contributed by atoms with Gasteiger partial charge in [-0.1, -0.05) is 107 Å². The molecule has 0 radical (unpaired) electrons. The van der Waals surface area contributed by atoms with E-state index in [4.69, 9.17) is 20.2 Å². The van der Waals surface area contributed by atoms with Gasteiger partial charge in [0.05, 0.1) is 0 Å². The van der Waals surface area contributed by atoms with Crippen molar-refractivity contribution in [2.45, 2.75) is 119 Å². The van der Waals surface area contributed by atoms with Gasteiger partial charge in [0.2, 0.25) is 0 Å². The summed E-state index contributed by atoms with van der Waals surface area (Å²) >= 11 is 0. The van der Waals surface area contributed by atoms with Crippen LogP contribution in [0, 0.1) is 10.8 Å². The van der Waals surface area contributed by atoms with Crippen molar-refractivity contribution < 1.29 is 29.1 Å². The summed E-state index contributed by atoms with van der Waals surface area (Å²) in [4.78, 5) is 15.5. The van der Waals surface area contributed by atoms with Crippen LogP contribution in [0.5, 0.6) is 0 Å². The van der Waals surface area contributed by atoms with Crippen LogP contribution in [0.2, 0.25) is 0 Å². The smallest absolute Gasteiger partial charge is 0.680 e. The fraction of sp³-hybridized carbons (Fsp3) is 0.917. The molecule has 7 heteroatoms. The molecule has 0 rings (SSSR count). The molecule has 0 spiro atoms. The van der Waals surface area contributed by atoms with Crippen molar-refractivity contribution >= 4 is 13.6 Å². The van der Waals surface area contributed by atoms with E-state index < -0.39 is 0 Å². The first-order chi connectivity index (χ1) is 13.5. The predicted molar refractivity (Wildman–Crippen MR) is 134 cm³/mol. The summed E-state index contributed by atoms with van der Waals surface area (Å²) in [5.74, 6) is 0. The van der Waals surface area contributed by atoms with E-state index in [0.29, 0.717) is 0 Å². The van der Waals surface area contributed by atoms with Gasteiger partial charge < -0.3 is 30.9 Å². The van der Waals surface area contributed by atoms with E-state index in [9.17, 15) is 0 Å². The van der Waals surface area contributed by atoms with Gasteiger partial charge in [-0.25, -0.2) is 12.3 Å². The Kier molecular flexibility index (Phi) is 25.6. The van der Waals surface area contributed by atoms with Crippen LogP contribution in [0.4, 0.5) is 0 Å². The fourth-order valence-corrected chi connectivity index (χ4v) is 2.12. The third-order valence-electron chi connectivity index (χ3n) is 4.71. The quantitative estimate of drug-likeness (QED) is 0.188. The maximum Gasteiger partial charge on any atom is 6.00 e. The van der Waals surface area contributed by atoms with Gasteiger partial charge in [0, 0.05) is 0 Å². The van der Waals surface area contributed by atoms with E-state index in [-0.39, 0.29) is 53.7 Å². The van der Waals surface area contributed by atoms with Crippen LogP contribution >= 0.6 is 0 Å². The molecule has 0 aliphatic carbocycles. The molecule has 0 aliphatic rings. The van der Waals surface area contributed by atoms with Crippen LogP contribution < -0.4 is 0 Å². The van der Waals surface area contributed by atoms with Gasteiger partial charge in [0.1, 0.15) is 0 Å². The van der Waals surface area contributed by atoms with E-state index in [0.717, 1.165) is 12.8 Å². The number of rotatable bonds is 8. The summed E-state index contributed by atoms with van der Waals surface area (Å²) in [6.07, 6.45) is 2.36. The van der Waals surface area contributed by atoms with Crippen molar-refractivity contribution in [2.24, 2.45) is 10.8 Å². The Morgan fingerprint density at radius 2 is 0.774 bits per heavy atom. The first-order valence-corrected chi connectivity index (χ1v) is 10.5. The van der Waals surface area contributed by atoms with Crippen molar-refractivity contribution in [3.63, 3.8) is 0 Å².